The van der Waals surface area contributed by atoms with Crippen LogP contribution in [0.1, 0.15) is 26.7 Å². The summed E-state index contributed by atoms with van der Waals surface area (Å²) in [6.07, 6.45) is 5.55. The van der Waals surface area contributed by atoms with Gasteiger partial charge in [0.1, 0.15) is 0 Å². The predicted molar refractivity (Wildman–Crippen MR) is 60.1 cm³/mol. The molecule has 2 heterocycles. The molecule has 1 N–H and O–H groups in total. The first kappa shape index (κ1) is 10.2. The Labute approximate surface area is 89.3 Å². The predicted octanol–water partition coefficient (Wildman–Crippen LogP) is 1.40. The molecule has 0 spiro atoms. The Hall–Kier alpha value is -1.32. The number of hydrogen-bond donors (Lipinski definition) is 1. The van der Waals surface area contributed by atoms with E-state index >= 15 is 0 Å². The van der Waals surface area contributed by atoms with E-state index in [2.05, 4.69) is 28.7 Å². The monoisotopic (exact) mass is 207 g/mol. The fraction of sp³-hybridized carbons (Fsp3) is 0.636. The molecule has 4 nitrogen and oxygen atoms in total. The second-order valence-corrected chi connectivity index (χ2v) is 4.93. The lowest BCUT2D eigenvalue weighted by atomic mass is 9.84. The maximum absolute atomic E-state index is 11.6. The number of H-pyrrole nitrogens is 1. The molecule has 1 aliphatic heterocycles. The first-order chi connectivity index (χ1) is 7.08. The van der Waals surface area contributed by atoms with E-state index in [0.717, 1.165) is 19.5 Å². The number of rotatable bonds is 1. The summed E-state index contributed by atoms with van der Waals surface area (Å²) >= 11 is 0. The van der Waals surface area contributed by atoms with Gasteiger partial charge in [-0.15, -0.1) is 0 Å². The molecule has 0 aromatic carbocycles. The first-order valence-electron chi connectivity index (χ1n) is 5.37. The van der Waals surface area contributed by atoms with Crippen LogP contribution in [-0.2, 0) is 0 Å². The van der Waals surface area contributed by atoms with E-state index in [9.17, 15) is 4.79 Å². The second kappa shape index (κ2) is 3.68. The molecule has 1 aromatic heterocycles. The maximum Gasteiger partial charge on any atom is 0.290 e. The molecule has 0 amide bonds. The van der Waals surface area contributed by atoms with E-state index in [1.54, 1.807) is 12.4 Å². The average Bonchev–Trinajstić information content (AvgIpc) is 2.17. The van der Waals surface area contributed by atoms with Crippen molar-refractivity contribution in [2.24, 2.45) is 5.41 Å². The Morgan fingerprint density at radius 3 is 3.00 bits per heavy atom. The van der Waals surface area contributed by atoms with Gasteiger partial charge in [-0.05, 0) is 18.3 Å². The molecule has 15 heavy (non-hydrogen) atoms. The summed E-state index contributed by atoms with van der Waals surface area (Å²) in [6, 6.07) is 0. The summed E-state index contributed by atoms with van der Waals surface area (Å²) in [4.78, 5) is 20.5. The van der Waals surface area contributed by atoms with Crippen molar-refractivity contribution in [3.05, 3.63) is 22.7 Å². The van der Waals surface area contributed by atoms with Crippen LogP contribution in [-0.4, -0.2) is 23.1 Å². The Morgan fingerprint density at radius 1 is 1.53 bits per heavy atom. The zero-order valence-electron chi connectivity index (χ0n) is 9.29. The summed E-state index contributed by atoms with van der Waals surface area (Å²) in [5.41, 5.74) is 0.192. The van der Waals surface area contributed by atoms with Crippen molar-refractivity contribution in [2.45, 2.75) is 26.7 Å². The summed E-state index contributed by atoms with van der Waals surface area (Å²) in [5.74, 6) is 0.560. The Morgan fingerprint density at radius 2 is 2.33 bits per heavy atom. The van der Waals surface area contributed by atoms with Gasteiger partial charge in [0, 0.05) is 25.5 Å². The lowest BCUT2D eigenvalue weighted by molar-refractivity contribution is 0.291. The van der Waals surface area contributed by atoms with E-state index < -0.39 is 0 Å². The fourth-order valence-electron chi connectivity index (χ4n) is 2.17. The normalized spacial score (nSPS) is 20.3. The van der Waals surface area contributed by atoms with Crippen LogP contribution < -0.4 is 10.5 Å². The third-order valence-electron chi connectivity index (χ3n) is 2.89. The molecule has 0 saturated carbocycles. The molecule has 1 fully saturated rings. The van der Waals surface area contributed by atoms with Gasteiger partial charge in [-0.25, -0.2) is 4.98 Å². The zero-order valence-corrected chi connectivity index (χ0v) is 9.29. The molecular weight excluding hydrogens is 190 g/mol. The van der Waals surface area contributed by atoms with Gasteiger partial charge in [0.25, 0.3) is 5.56 Å². The number of aromatic amines is 1. The molecule has 4 heteroatoms. The van der Waals surface area contributed by atoms with Gasteiger partial charge in [0.15, 0.2) is 5.82 Å². The number of piperidine rings is 1. The number of nitrogens with zero attached hydrogens (tertiary/aromatic N) is 2. The van der Waals surface area contributed by atoms with Crippen molar-refractivity contribution in [3.63, 3.8) is 0 Å². The first-order valence-corrected chi connectivity index (χ1v) is 5.37. The molecule has 0 atom stereocenters. The largest absolute Gasteiger partial charge is 0.351 e. The van der Waals surface area contributed by atoms with Crippen LogP contribution in [0.25, 0.3) is 0 Å². The molecule has 0 aliphatic carbocycles. The third-order valence-corrected chi connectivity index (χ3v) is 2.89. The van der Waals surface area contributed by atoms with Crippen LogP contribution in [0.5, 0.6) is 0 Å². The average molecular weight is 207 g/mol. The molecule has 2 rings (SSSR count). The molecule has 1 saturated heterocycles. The molecule has 1 aromatic rings. The highest BCUT2D eigenvalue weighted by Crippen LogP contribution is 2.29. The highest BCUT2D eigenvalue weighted by molar-refractivity contribution is 5.36. The summed E-state index contributed by atoms with van der Waals surface area (Å²) in [7, 11) is 0. The van der Waals surface area contributed by atoms with Crippen molar-refractivity contribution in [1.82, 2.24) is 9.97 Å². The van der Waals surface area contributed by atoms with Crippen LogP contribution in [0.3, 0.4) is 0 Å². The van der Waals surface area contributed by atoms with Crippen LogP contribution >= 0.6 is 0 Å². The fourth-order valence-corrected chi connectivity index (χ4v) is 2.17. The van der Waals surface area contributed by atoms with E-state index in [-0.39, 0.29) is 11.0 Å². The topological polar surface area (TPSA) is 49.0 Å². The number of nitrogens with one attached hydrogen (secondary N) is 1. The minimum Gasteiger partial charge on any atom is -0.351 e. The van der Waals surface area contributed by atoms with Crippen LogP contribution in [0.2, 0.25) is 0 Å². The highest BCUT2D eigenvalue weighted by atomic mass is 16.1. The standard InChI is InChI=1S/C11H17N3O/c1-11(2)4-3-7-14(8-11)9-10(15)13-6-5-12-9/h5-6H,3-4,7-8H2,1-2H3,(H,13,15). The van der Waals surface area contributed by atoms with Crippen molar-refractivity contribution in [1.29, 1.82) is 0 Å². The molecule has 1 aliphatic rings. The lowest BCUT2D eigenvalue weighted by Gasteiger charge is -2.38. The summed E-state index contributed by atoms with van der Waals surface area (Å²) < 4.78 is 0. The van der Waals surface area contributed by atoms with E-state index in [4.69, 9.17) is 0 Å². The SMILES string of the molecule is CC1(C)CCCN(c2ncc[nH]c2=O)C1. The number of aromatic nitrogens is 2. The van der Waals surface area contributed by atoms with Crippen molar-refractivity contribution >= 4 is 5.82 Å². The third kappa shape index (κ3) is 2.19. The number of anilines is 1. The van der Waals surface area contributed by atoms with Gasteiger partial charge < -0.3 is 9.88 Å². The molecule has 82 valence electrons. The molecule has 0 unspecified atom stereocenters. The van der Waals surface area contributed by atoms with Crippen LogP contribution in [0.4, 0.5) is 5.82 Å². The summed E-state index contributed by atoms with van der Waals surface area (Å²) in [6.45, 7) is 6.31. The minimum absolute atomic E-state index is 0.0878. The van der Waals surface area contributed by atoms with E-state index in [1.165, 1.54) is 6.42 Å². The zero-order chi connectivity index (χ0) is 10.9. The highest BCUT2D eigenvalue weighted by Gasteiger charge is 2.27. The van der Waals surface area contributed by atoms with Gasteiger partial charge >= 0.3 is 0 Å². The minimum atomic E-state index is -0.0878. The molecular formula is C11H17N3O. The second-order valence-electron chi connectivity index (χ2n) is 4.93. The molecule has 0 bridgehead atoms. The van der Waals surface area contributed by atoms with Crippen molar-refractivity contribution in [2.75, 3.05) is 18.0 Å². The van der Waals surface area contributed by atoms with Gasteiger partial charge in [0.2, 0.25) is 0 Å². The van der Waals surface area contributed by atoms with Crippen molar-refractivity contribution in [3.8, 4) is 0 Å². The van der Waals surface area contributed by atoms with Crippen molar-refractivity contribution < 1.29 is 0 Å². The van der Waals surface area contributed by atoms with Gasteiger partial charge in [-0.1, -0.05) is 13.8 Å². The lowest BCUT2D eigenvalue weighted by Crippen LogP contribution is -2.42. The Balaban J connectivity index is 2.25. The van der Waals surface area contributed by atoms with Gasteiger partial charge in [0.05, 0.1) is 0 Å². The van der Waals surface area contributed by atoms with E-state index in [1.807, 2.05) is 0 Å². The van der Waals surface area contributed by atoms with Gasteiger partial charge in [-0.2, -0.15) is 0 Å². The Kier molecular flexibility index (Phi) is 2.50. The smallest absolute Gasteiger partial charge is 0.290 e. The Bertz CT molecular complexity index is 397. The van der Waals surface area contributed by atoms with Gasteiger partial charge in [-0.3, -0.25) is 4.79 Å². The molecule has 0 radical (unpaired) electrons. The van der Waals surface area contributed by atoms with Crippen LogP contribution in [0, 0.1) is 5.41 Å². The number of hydrogen-bond acceptors (Lipinski definition) is 3. The maximum atomic E-state index is 11.6. The summed E-state index contributed by atoms with van der Waals surface area (Å²) in [5, 5.41) is 0. The quantitative estimate of drug-likeness (QED) is 0.757. The van der Waals surface area contributed by atoms with Crippen LogP contribution in [0.15, 0.2) is 17.2 Å². The van der Waals surface area contributed by atoms with E-state index in [0.29, 0.717) is 5.82 Å².